The van der Waals surface area contributed by atoms with E-state index in [-0.39, 0.29) is 6.42 Å². The molecule has 0 unspecified atom stereocenters. The van der Waals surface area contributed by atoms with Crippen molar-refractivity contribution < 1.29 is 9.90 Å². The molecule has 0 heterocycles. The molecule has 0 atom stereocenters. The molecule has 0 aliphatic carbocycles. The summed E-state index contributed by atoms with van der Waals surface area (Å²) in [7, 11) is 0. The van der Waals surface area contributed by atoms with Gasteiger partial charge in [-0.1, -0.05) is 18.2 Å². The monoisotopic (exact) mass is 257 g/mol. The number of aliphatic carboxylic acids is 1. The van der Waals surface area contributed by atoms with Crippen LogP contribution < -0.4 is 17.2 Å². The topological polar surface area (TPSA) is 115 Å². The third-order valence-corrected chi connectivity index (χ3v) is 2.91. The van der Waals surface area contributed by atoms with Crippen LogP contribution in [0.25, 0.3) is 11.1 Å². The third-order valence-electron chi connectivity index (χ3n) is 2.91. The summed E-state index contributed by atoms with van der Waals surface area (Å²) in [6, 6.07) is 10.4. The van der Waals surface area contributed by atoms with Crippen LogP contribution in [0.4, 0.5) is 17.1 Å². The van der Waals surface area contributed by atoms with Gasteiger partial charge in [0, 0.05) is 22.6 Å². The number of hydrogen-bond acceptors (Lipinski definition) is 4. The molecule has 0 fully saturated rings. The van der Waals surface area contributed by atoms with Gasteiger partial charge in [0.15, 0.2) is 0 Å². The first-order valence-electron chi connectivity index (χ1n) is 5.73. The number of rotatable bonds is 3. The standard InChI is InChI=1S/C14H15N3O2/c15-10-4-1-8(2-5-10)13-11(16)6-3-9(14(13)17)7-12(18)19/h1-6H,7,15-17H2,(H,18,19). The van der Waals surface area contributed by atoms with Crippen LogP contribution in [-0.2, 0) is 11.2 Å². The van der Waals surface area contributed by atoms with E-state index in [0.717, 1.165) is 5.56 Å². The summed E-state index contributed by atoms with van der Waals surface area (Å²) in [6.07, 6.45) is -0.131. The number of nitrogen functional groups attached to an aromatic ring is 3. The number of nitrogens with two attached hydrogens (primary N) is 3. The molecule has 0 aliphatic heterocycles. The maximum Gasteiger partial charge on any atom is 0.307 e. The first kappa shape index (κ1) is 12.8. The maximum atomic E-state index is 10.8. The van der Waals surface area contributed by atoms with E-state index in [1.807, 2.05) is 12.1 Å². The molecule has 0 saturated carbocycles. The molecule has 0 radical (unpaired) electrons. The smallest absolute Gasteiger partial charge is 0.307 e. The van der Waals surface area contributed by atoms with Crippen molar-refractivity contribution in [1.82, 2.24) is 0 Å². The lowest BCUT2D eigenvalue weighted by Gasteiger charge is -2.13. The van der Waals surface area contributed by atoms with Crippen LogP contribution in [0, 0.1) is 0 Å². The summed E-state index contributed by atoms with van der Waals surface area (Å²) >= 11 is 0. The Morgan fingerprint density at radius 3 is 2.21 bits per heavy atom. The van der Waals surface area contributed by atoms with Crippen LogP contribution in [0.5, 0.6) is 0 Å². The molecule has 5 nitrogen and oxygen atoms in total. The molecule has 2 aromatic rings. The fraction of sp³-hybridized carbons (Fsp3) is 0.0714. The lowest BCUT2D eigenvalue weighted by molar-refractivity contribution is -0.136. The second kappa shape index (κ2) is 4.89. The molecule has 2 rings (SSSR count). The lowest BCUT2D eigenvalue weighted by atomic mass is 9.97. The molecular formula is C14H15N3O2. The zero-order valence-corrected chi connectivity index (χ0v) is 10.3. The Hall–Kier alpha value is -2.69. The minimum absolute atomic E-state index is 0.131. The average Bonchev–Trinajstić information content (AvgIpc) is 2.35. The van der Waals surface area contributed by atoms with Crippen LogP contribution in [0.3, 0.4) is 0 Å². The van der Waals surface area contributed by atoms with Gasteiger partial charge in [-0.2, -0.15) is 0 Å². The van der Waals surface area contributed by atoms with Crippen molar-refractivity contribution >= 4 is 23.0 Å². The van der Waals surface area contributed by atoms with Gasteiger partial charge in [-0.15, -0.1) is 0 Å². The Bertz CT molecular complexity index is 621. The number of hydrogen-bond donors (Lipinski definition) is 4. The summed E-state index contributed by atoms with van der Waals surface area (Å²) in [5.74, 6) is -0.931. The molecule has 2 aromatic carbocycles. The fourth-order valence-corrected chi connectivity index (χ4v) is 1.97. The van der Waals surface area contributed by atoms with Crippen LogP contribution >= 0.6 is 0 Å². The van der Waals surface area contributed by atoms with Gasteiger partial charge in [-0.3, -0.25) is 4.79 Å². The Balaban J connectivity index is 2.55. The zero-order chi connectivity index (χ0) is 14.0. The van der Waals surface area contributed by atoms with Gasteiger partial charge >= 0.3 is 5.97 Å². The Labute approximate surface area is 110 Å². The normalized spacial score (nSPS) is 10.3. The molecular weight excluding hydrogens is 242 g/mol. The largest absolute Gasteiger partial charge is 0.481 e. The summed E-state index contributed by atoms with van der Waals surface area (Å²) < 4.78 is 0. The van der Waals surface area contributed by atoms with Gasteiger partial charge in [0.05, 0.1) is 6.42 Å². The number of anilines is 3. The van der Waals surface area contributed by atoms with Crippen LogP contribution in [-0.4, -0.2) is 11.1 Å². The molecule has 0 aromatic heterocycles. The molecule has 7 N–H and O–H groups in total. The Morgan fingerprint density at radius 1 is 1.00 bits per heavy atom. The first-order valence-corrected chi connectivity index (χ1v) is 5.73. The second-order valence-electron chi connectivity index (χ2n) is 4.30. The third kappa shape index (κ3) is 2.60. The Kier molecular flexibility index (Phi) is 3.29. The summed E-state index contributed by atoms with van der Waals surface area (Å²) in [5, 5.41) is 8.86. The predicted molar refractivity (Wildman–Crippen MR) is 76.5 cm³/mol. The maximum absolute atomic E-state index is 10.8. The van der Waals surface area contributed by atoms with E-state index in [1.165, 1.54) is 0 Å². The van der Waals surface area contributed by atoms with Crippen molar-refractivity contribution in [2.75, 3.05) is 17.2 Å². The zero-order valence-electron chi connectivity index (χ0n) is 10.3. The average molecular weight is 257 g/mol. The van der Waals surface area contributed by atoms with E-state index >= 15 is 0 Å². The SMILES string of the molecule is Nc1ccc(-c2c(N)ccc(CC(=O)O)c2N)cc1. The molecule has 98 valence electrons. The highest BCUT2D eigenvalue weighted by atomic mass is 16.4. The van der Waals surface area contributed by atoms with Crippen molar-refractivity contribution in [3.63, 3.8) is 0 Å². The summed E-state index contributed by atoms with van der Waals surface area (Å²) in [6.45, 7) is 0. The Morgan fingerprint density at radius 2 is 1.63 bits per heavy atom. The van der Waals surface area contributed by atoms with E-state index in [4.69, 9.17) is 22.3 Å². The van der Waals surface area contributed by atoms with E-state index in [1.54, 1.807) is 24.3 Å². The second-order valence-corrected chi connectivity index (χ2v) is 4.30. The van der Waals surface area contributed by atoms with Gasteiger partial charge in [-0.05, 0) is 29.3 Å². The van der Waals surface area contributed by atoms with Gasteiger partial charge in [0.25, 0.3) is 0 Å². The summed E-state index contributed by atoms with van der Waals surface area (Å²) in [5.41, 5.74) is 21.2. The van der Waals surface area contributed by atoms with Crippen molar-refractivity contribution in [2.24, 2.45) is 0 Å². The van der Waals surface area contributed by atoms with Crippen LogP contribution in [0.15, 0.2) is 36.4 Å². The van der Waals surface area contributed by atoms with Gasteiger partial charge in [0.1, 0.15) is 0 Å². The highest BCUT2D eigenvalue weighted by molar-refractivity contribution is 5.90. The van der Waals surface area contributed by atoms with Crippen LogP contribution in [0.2, 0.25) is 0 Å². The fourth-order valence-electron chi connectivity index (χ4n) is 1.97. The minimum atomic E-state index is -0.931. The molecule has 5 heteroatoms. The van der Waals surface area contributed by atoms with Gasteiger partial charge < -0.3 is 22.3 Å². The van der Waals surface area contributed by atoms with Crippen LogP contribution in [0.1, 0.15) is 5.56 Å². The van der Waals surface area contributed by atoms with Crippen molar-refractivity contribution in [3.8, 4) is 11.1 Å². The molecule has 0 saturated heterocycles. The predicted octanol–water partition coefficient (Wildman–Crippen LogP) is 1.73. The van der Waals surface area contributed by atoms with E-state index in [0.29, 0.717) is 28.2 Å². The van der Waals surface area contributed by atoms with Gasteiger partial charge in [-0.25, -0.2) is 0 Å². The van der Waals surface area contributed by atoms with E-state index < -0.39 is 5.97 Å². The molecule has 0 amide bonds. The number of carbonyl (C=O) groups is 1. The molecule has 0 bridgehead atoms. The number of carboxylic acid groups (broad SMARTS) is 1. The van der Waals surface area contributed by atoms with E-state index in [9.17, 15) is 4.79 Å². The quantitative estimate of drug-likeness (QED) is 0.625. The highest BCUT2D eigenvalue weighted by Crippen LogP contribution is 2.34. The number of benzene rings is 2. The minimum Gasteiger partial charge on any atom is -0.481 e. The number of carboxylic acids is 1. The highest BCUT2D eigenvalue weighted by Gasteiger charge is 2.13. The van der Waals surface area contributed by atoms with Crippen molar-refractivity contribution in [3.05, 3.63) is 42.0 Å². The molecule has 0 aliphatic rings. The van der Waals surface area contributed by atoms with Gasteiger partial charge in [0.2, 0.25) is 0 Å². The van der Waals surface area contributed by atoms with E-state index in [2.05, 4.69) is 0 Å². The molecule has 19 heavy (non-hydrogen) atoms. The lowest BCUT2D eigenvalue weighted by Crippen LogP contribution is -2.06. The van der Waals surface area contributed by atoms with Crippen molar-refractivity contribution in [2.45, 2.75) is 6.42 Å². The van der Waals surface area contributed by atoms with Crippen molar-refractivity contribution in [1.29, 1.82) is 0 Å². The molecule has 0 spiro atoms. The first-order chi connectivity index (χ1) is 8.99. The summed E-state index contributed by atoms with van der Waals surface area (Å²) in [4.78, 5) is 10.8.